The first-order valence-corrected chi connectivity index (χ1v) is 11.6. The lowest BCUT2D eigenvalue weighted by molar-refractivity contribution is 0.0355. The molecule has 0 bridgehead atoms. The van der Waals surface area contributed by atoms with Gasteiger partial charge in [-0.15, -0.1) is 24.0 Å². The number of benzene rings is 2. The van der Waals surface area contributed by atoms with Crippen molar-refractivity contribution in [1.82, 2.24) is 16.0 Å². The summed E-state index contributed by atoms with van der Waals surface area (Å²) in [6.45, 7) is 10.1. The second-order valence-electron chi connectivity index (χ2n) is 8.53. The molecule has 0 aliphatic carbocycles. The van der Waals surface area contributed by atoms with Gasteiger partial charge in [0.05, 0.1) is 13.7 Å². The van der Waals surface area contributed by atoms with Crippen LogP contribution in [0.3, 0.4) is 0 Å². The molecule has 7 heteroatoms. The summed E-state index contributed by atoms with van der Waals surface area (Å²) in [5.41, 5.74) is 3.50. The van der Waals surface area contributed by atoms with Crippen molar-refractivity contribution in [1.29, 1.82) is 0 Å². The summed E-state index contributed by atoms with van der Waals surface area (Å²) in [7, 11) is 1.71. The molecular weight excluding hydrogens is 527 g/mol. The number of halogens is 1. The predicted molar refractivity (Wildman–Crippen MR) is 147 cm³/mol. The fourth-order valence-electron chi connectivity index (χ4n) is 4.16. The highest BCUT2D eigenvalue weighted by molar-refractivity contribution is 14.0. The molecule has 1 atom stereocenters. The summed E-state index contributed by atoms with van der Waals surface area (Å²) < 4.78 is 11.2. The Kier molecular flexibility index (Phi) is 11.4. The van der Waals surface area contributed by atoms with Crippen molar-refractivity contribution in [2.45, 2.75) is 51.7 Å². The second kappa shape index (κ2) is 13.8. The number of methoxy groups -OCH3 is 1. The number of hydrogen-bond donors (Lipinski definition) is 3. The highest BCUT2D eigenvalue weighted by Gasteiger charge is 2.34. The van der Waals surface area contributed by atoms with Gasteiger partial charge in [0.15, 0.2) is 5.96 Å². The number of aryl methyl sites for hydroxylation is 1. The minimum absolute atomic E-state index is 0. The van der Waals surface area contributed by atoms with E-state index >= 15 is 0 Å². The zero-order chi connectivity index (χ0) is 22.8. The molecule has 0 amide bonds. The first kappa shape index (κ1) is 27.4. The van der Waals surface area contributed by atoms with Gasteiger partial charge in [0.25, 0.3) is 0 Å². The Morgan fingerprint density at radius 2 is 1.85 bits per heavy atom. The maximum atomic E-state index is 5.68. The van der Waals surface area contributed by atoms with E-state index in [0.29, 0.717) is 6.54 Å². The van der Waals surface area contributed by atoms with Crippen LogP contribution in [0.4, 0.5) is 0 Å². The molecule has 2 aromatic carbocycles. The molecule has 3 rings (SSSR count). The van der Waals surface area contributed by atoms with Gasteiger partial charge in [-0.2, -0.15) is 0 Å². The van der Waals surface area contributed by atoms with Crippen molar-refractivity contribution in [2.75, 3.05) is 33.4 Å². The molecule has 3 N–H and O–H groups in total. The second-order valence-corrected chi connectivity index (χ2v) is 8.53. The summed E-state index contributed by atoms with van der Waals surface area (Å²) in [4.78, 5) is 4.83. The van der Waals surface area contributed by atoms with Crippen LogP contribution in [0.5, 0.6) is 5.75 Å². The van der Waals surface area contributed by atoms with Crippen molar-refractivity contribution in [3.8, 4) is 5.75 Å². The molecule has 1 aliphatic rings. The molecule has 1 heterocycles. The molecule has 6 nitrogen and oxygen atoms in total. The van der Waals surface area contributed by atoms with Gasteiger partial charge in [0, 0.05) is 43.4 Å². The first-order valence-electron chi connectivity index (χ1n) is 11.6. The molecule has 1 saturated heterocycles. The van der Waals surface area contributed by atoms with Crippen molar-refractivity contribution < 1.29 is 9.47 Å². The van der Waals surface area contributed by atoms with Crippen LogP contribution in [0.25, 0.3) is 0 Å². The SMILES string of the molecule is CCNC(=NCc1ccc(C)cc1OC)NCC1(NC(C)c2ccccc2)CCOCC1.I. The van der Waals surface area contributed by atoms with Crippen LogP contribution < -0.4 is 20.7 Å². The Balaban J connectivity index is 0.00000385. The van der Waals surface area contributed by atoms with Crippen LogP contribution in [0.15, 0.2) is 53.5 Å². The minimum atomic E-state index is -0.0503. The van der Waals surface area contributed by atoms with Crippen LogP contribution in [-0.4, -0.2) is 44.9 Å². The first-order chi connectivity index (χ1) is 15.5. The third-order valence-corrected chi connectivity index (χ3v) is 6.06. The maximum Gasteiger partial charge on any atom is 0.191 e. The molecule has 0 radical (unpaired) electrons. The molecule has 0 saturated carbocycles. The number of nitrogens with zero attached hydrogens (tertiary/aromatic N) is 1. The summed E-state index contributed by atoms with van der Waals surface area (Å²) in [6, 6.07) is 17.1. The van der Waals surface area contributed by atoms with E-state index in [9.17, 15) is 0 Å². The third kappa shape index (κ3) is 8.15. The average Bonchev–Trinajstić information content (AvgIpc) is 2.82. The van der Waals surface area contributed by atoms with Crippen molar-refractivity contribution in [3.05, 3.63) is 65.2 Å². The lowest BCUT2D eigenvalue weighted by Gasteiger charge is -2.41. The number of aliphatic imine (C=N–C) groups is 1. The van der Waals surface area contributed by atoms with Gasteiger partial charge in [0.1, 0.15) is 5.75 Å². The zero-order valence-electron chi connectivity index (χ0n) is 20.3. The zero-order valence-corrected chi connectivity index (χ0v) is 22.6. The van der Waals surface area contributed by atoms with E-state index < -0.39 is 0 Å². The fraction of sp³-hybridized carbons (Fsp3) is 0.500. The Morgan fingerprint density at radius 3 is 2.52 bits per heavy atom. The molecule has 0 spiro atoms. The third-order valence-electron chi connectivity index (χ3n) is 6.06. The summed E-state index contributed by atoms with van der Waals surface area (Å²) >= 11 is 0. The Hall–Kier alpha value is -1.84. The number of guanidine groups is 1. The van der Waals surface area contributed by atoms with Crippen molar-refractivity contribution in [2.24, 2.45) is 4.99 Å². The van der Waals surface area contributed by atoms with E-state index in [1.165, 1.54) is 11.1 Å². The fourth-order valence-corrected chi connectivity index (χ4v) is 4.16. The number of ether oxygens (including phenoxy) is 2. The van der Waals surface area contributed by atoms with Gasteiger partial charge in [-0.05, 0) is 50.8 Å². The van der Waals surface area contributed by atoms with Crippen molar-refractivity contribution in [3.63, 3.8) is 0 Å². The van der Waals surface area contributed by atoms with E-state index in [4.69, 9.17) is 14.5 Å². The topological polar surface area (TPSA) is 66.9 Å². The summed E-state index contributed by atoms with van der Waals surface area (Å²) in [5.74, 6) is 1.69. The summed E-state index contributed by atoms with van der Waals surface area (Å²) in [5, 5.41) is 10.9. The monoisotopic (exact) mass is 566 g/mol. The molecule has 0 aromatic heterocycles. The minimum Gasteiger partial charge on any atom is -0.496 e. The van der Waals surface area contributed by atoms with E-state index in [1.807, 2.05) is 0 Å². The molecular formula is C26H39IN4O2. The quantitative estimate of drug-likeness (QED) is 0.236. The van der Waals surface area contributed by atoms with E-state index in [1.54, 1.807) is 7.11 Å². The Labute approximate surface area is 216 Å². The highest BCUT2D eigenvalue weighted by atomic mass is 127. The van der Waals surface area contributed by atoms with Crippen LogP contribution >= 0.6 is 24.0 Å². The number of hydrogen-bond acceptors (Lipinski definition) is 4. The molecule has 182 valence electrons. The average molecular weight is 567 g/mol. The van der Waals surface area contributed by atoms with E-state index in [-0.39, 0.29) is 35.6 Å². The van der Waals surface area contributed by atoms with Crippen LogP contribution in [-0.2, 0) is 11.3 Å². The standard InChI is InChI=1S/C26H38N4O2.HI/c1-5-27-25(28-18-23-12-11-20(2)17-24(23)31-4)29-19-26(13-15-32-16-14-26)30-21(3)22-9-7-6-8-10-22;/h6-12,17,21,30H,5,13-16,18-19H2,1-4H3,(H2,27,28,29);1H. The molecule has 1 fully saturated rings. The molecule has 1 unspecified atom stereocenters. The maximum absolute atomic E-state index is 5.68. The van der Waals surface area contributed by atoms with Crippen LogP contribution in [0.1, 0.15) is 49.4 Å². The van der Waals surface area contributed by atoms with Gasteiger partial charge in [-0.1, -0.05) is 42.5 Å². The molecule has 2 aromatic rings. The highest BCUT2D eigenvalue weighted by Crippen LogP contribution is 2.25. The smallest absolute Gasteiger partial charge is 0.191 e. The number of rotatable bonds is 9. The molecule has 1 aliphatic heterocycles. The van der Waals surface area contributed by atoms with Gasteiger partial charge >= 0.3 is 0 Å². The van der Waals surface area contributed by atoms with Crippen LogP contribution in [0, 0.1) is 6.92 Å². The number of nitrogens with one attached hydrogen (secondary N) is 3. The van der Waals surface area contributed by atoms with Crippen LogP contribution in [0.2, 0.25) is 0 Å². The largest absolute Gasteiger partial charge is 0.496 e. The van der Waals surface area contributed by atoms with Crippen molar-refractivity contribution >= 4 is 29.9 Å². The lowest BCUT2D eigenvalue weighted by atomic mass is 9.88. The van der Waals surface area contributed by atoms with E-state index in [2.05, 4.69) is 85.3 Å². The van der Waals surface area contributed by atoms with E-state index in [0.717, 1.165) is 56.4 Å². The van der Waals surface area contributed by atoms with Gasteiger partial charge in [0.2, 0.25) is 0 Å². The lowest BCUT2D eigenvalue weighted by Crippen LogP contribution is -2.58. The predicted octanol–water partition coefficient (Wildman–Crippen LogP) is 4.58. The summed E-state index contributed by atoms with van der Waals surface area (Å²) in [6.07, 6.45) is 1.92. The van der Waals surface area contributed by atoms with Gasteiger partial charge in [-0.3, -0.25) is 0 Å². The molecule has 33 heavy (non-hydrogen) atoms. The Bertz CT molecular complexity index is 870. The Morgan fingerprint density at radius 1 is 1.12 bits per heavy atom. The normalized spacial score (nSPS) is 16.4. The van der Waals surface area contributed by atoms with Gasteiger partial charge < -0.3 is 25.4 Å². The van der Waals surface area contributed by atoms with Gasteiger partial charge in [-0.25, -0.2) is 4.99 Å².